The van der Waals surface area contributed by atoms with Crippen LogP contribution in [0.1, 0.15) is 42.9 Å². The molecule has 1 saturated heterocycles. The van der Waals surface area contributed by atoms with Crippen molar-refractivity contribution in [2.45, 2.75) is 13.0 Å². The lowest BCUT2D eigenvalue weighted by molar-refractivity contribution is -0.132. The zero-order chi connectivity index (χ0) is 29.3. The van der Waals surface area contributed by atoms with Gasteiger partial charge in [-0.1, -0.05) is 36.1 Å². The highest BCUT2D eigenvalue weighted by atomic mass is 32.1. The van der Waals surface area contributed by atoms with Crippen molar-refractivity contribution >= 4 is 45.9 Å². The van der Waals surface area contributed by atoms with Gasteiger partial charge in [0.1, 0.15) is 30.5 Å². The molecule has 0 aliphatic carbocycles. The zero-order valence-corrected chi connectivity index (χ0v) is 22.9. The van der Waals surface area contributed by atoms with Gasteiger partial charge in [0.05, 0.1) is 30.0 Å². The van der Waals surface area contributed by atoms with Crippen molar-refractivity contribution in [3.63, 3.8) is 0 Å². The Kier molecular flexibility index (Phi) is 7.58. The van der Waals surface area contributed by atoms with E-state index in [1.807, 2.05) is 0 Å². The number of aromatic nitrogens is 1. The Morgan fingerprint density at radius 3 is 2.46 bits per heavy atom. The second kappa shape index (κ2) is 11.3. The number of hydrogen-bond acceptors (Lipinski definition) is 11. The van der Waals surface area contributed by atoms with E-state index in [2.05, 4.69) is 11.6 Å². The van der Waals surface area contributed by atoms with Crippen LogP contribution >= 0.6 is 11.3 Å². The van der Waals surface area contributed by atoms with Crippen LogP contribution in [-0.2, 0) is 19.1 Å². The highest BCUT2D eigenvalue weighted by Gasteiger charge is 2.48. The van der Waals surface area contributed by atoms with Crippen LogP contribution in [0, 0.1) is 6.92 Å². The number of ketones is 1. The van der Waals surface area contributed by atoms with Crippen LogP contribution in [0.25, 0.3) is 5.76 Å². The molecule has 5 rings (SSSR count). The summed E-state index contributed by atoms with van der Waals surface area (Å²) in [5, 5.41) is 11.5. The number of carbonyl (C=O) groups excluding carboxylic acids is 4. The summed E-state index contributed by atoms with van der Waals surface area (Å²) in [6.45, 7) is 5.78. The number of aliphatic hydroxyl groups excluding tert-OH is 1. The first-order valence-corrected chi connectivity index (χ1v) is 13.2. The van der Waals surface area contributed by atoms with Gasteiger partial charge in [0.2, 0.25) is 0 Å². The maximum atomic E-state index is 13.5. The van der Waals surface area contributed by atoms with E-state index in [1.54, 1.807) is 31.2 Å². The molecule has 2 aromatic carbocycles. The van der Waals surface area contributed by atoms with E-state index >= 15 is 0 Å². The molecule has 1 amide bonds. The van der Waals surface area contributed by atoms with Crippen LogP contribution in [0.3, 0.4) is 0 Å². The summed E-state index contributed by atoms with van der Waals surface area (Å²) in [7, 11) is 1.25. The van der Waals surface area contributed by atoms with Gasteiger partial charge < -0.3 is 24.1 Å². The number of fused-ring (bicyclic) bond motifs is 1. The third-order valence-corrected chi connectivity index (χ3v) is 7.55. The number of nitrogens with zero attached hydrogens (tertiary/aromatic N) is 2. The predicted octanol–water partition coefficient (Wildman–Crippen LogP) is 3.98. The Morgan fingerprint density at radius 2 is 1.78 bits per heavy atom. The molecule has 12 heteroatoms. The van der Waals surface area contributed by atoms with E-state index in [0.29, 0.717) is 36.0 Å². The van der Waals surface area contributed by atoms with Gasteiger partial charge in [-0.05, 0) is 42.8 Å². The Bertz CT molecular complexity index is 1610. The monoisotopic (exact) mass is 576 g/mol. The second-order valence-corrected chi connectivity index (χ2v) is 9.92. The van der Waals surface area contributed by atoms with E-state index in [1.165, 1.54) is 31.4 Å². The lowest BCUT2D eigenvalue weighted by Crippen LogP contribution is -2.29. The SMILES string of the molecule is C=CCOC(=O)c1sc(N2C(=O)C(=O)/C(=C(/O)c3ccc4c(c3)OCCO4)C2c2ccc(C(=O)OC)cc2)nc1C. The standard InChI is InChI=1S/C29H24N2O9S/c1-4-11-40-28(36)25-15(2)30-29(41-25)31-22(16-5-7-17(8-6-16)27(35)37-3)21(24(33)26(31)34)23(32)18-9-10-19-20(14-18)39-13-12-38-19/h4-10,14,22,32H,1,11-13H2,2-3H3/b23-21+. The number of hydrogen-bond donors (Lipinski definition) is 1. The zero-order valence-electron chi connectivity index (χ0n) is 22.0. The summed E-state index contributed by atoms with van der Waals surface area (Å²) in [5.41, 5.74) is 0.970. The van der Waals surface area contributed by atoms with Gasteiger partial charge in [0.25, 0.3) is 5.78 Å². The molecule has 0 saturated carbocycles. The molecule has 41 heavy (non-hydrogen) atoms. The molecule has 1 aromatic heterocycles. The minimum absolute atomic E-state index is 0.0158. The number of anilines is 1. The highest BCUT2D eigenvalue weighted by Crippen LogP contribution is 2.44. The van der Waals surface area contributed by atoms with Crippen molar-refractivity contribution in [2.24, 2.45) is 0 Å². The lowest BCUT2D eigenvalue weighted by Gasteiger charge is -2.23. The predicted molar refractivity (Wildman–Crippen MR) is 147 cm³/mol. The fraction of sp³-hybridized carbons (Fsp3) is 0.207. The van der Waals surface area contributed by atoms with Crippen molar-refractivity contribution in [1.82, 2.24) is 4.98 Å². The van der Waals surface area contributed by atoms with Gasteiger partial charge >= 0.3 is 17.8 Å². The number of carbonyl (C=O) groups is 4. The fourth-order valence-corrected chi connectivity index (χ4v) is 5.47. The third-order valence-electron chi connectivity index (χ3n) is 6.42. The first-order valence-electron chi connectivity index (χ1n) is 12.4. The molecule has 0 radical (unpaired) electrons. The van der Waals surface area contributed by atoms with Crippen LogP contribution in [0.2, 0.25) is 0 Å². The Morgan fingerprint density at radius 1 is 1.10 bits per heavy atom. The molecule has 3 aromatic rings. The molecule has 210 valence electrons. The number of aliphatic hydroxyl groups is 1. The fourth-order valence-electron chi connectivity index (χ4n) is 4.49. The number of Topliss-reactive ketones (excluding diaryl/α,β-unsaturated/α-hetero) is 1. The topological polar surface area (TPSA) is 142 Å². The minimum Gasteiger partial charge on any atom is -0.507 e. The maximum Gasteiger partial charge on any atom is 0.350 e. The molecule has 2 aliphatic heterocycles. The van der Waals surface area contributed by atoms with Crippen LogP contribution in [0.4, 0.5) is 5.13 Å². The smallest absolute Gasteiger partial charge is 0.350 e. The van der Waals surface area contributed by atoms with E-state index in [4.69, 9.17) is 18.9 Å². The summed E-state index contributed by atoms with van der Waals surface area (Å²) in [6, 6.07) is 9.60. The van der Waals surface area contributed by atoms with Gasteiger partial charge in [-0.25, -0.2) is 14.6 Å². The molecule has 1 N–H and O–H groups in total. The minimum atomic E-state index is -1.14. The first-order chi connectivity index (χ1) is 19.7. The number of thiazole rings is 1. The summed E-state index contributed by atoms with van der Waals surface area (Å²) in [4.78, 5) is 57.3. The van der Waals surface area contributed by atoms with Crippen molar-refractivity contribution in [3.05, 3.63) is 88.0 Å². The Balaban J connectivity index is 1.65. The number of esters is 2. The van der Waals surface area contributed by atoms with Gasteiger partial charge in [-0.15, -0.1) is 0 Å². The average molecular weight is 577 g/mol. The second-order valence-electron chi connectivity index (χ2n) is 8.94. The van der Waals surface area contributed by atoms with Gasteiger partial charge in [0.15, 0.2) is 16.6 Å². The average Bonchev–Trinajstić information content (AvgIpc) is 3.50. The molecule has 2 aliphatic rings. The molecular formula is C29H24N2O9S. The summed E-state index contributed by atoms with van der Waals surface area (Å²) in [6.07, 6.45) is 1.42. The van der Waals surface area contributed by atoms with Crippen LogP contribution in [0.15, 0.2) is 60.7 Å². The molecule has 0 spiro atoms. The normalized spacial score (nSPS) is 17.3. The number of rotatable bonds is 7. The van der Waals surface area contributed by atoms with Crippen LogP contribution in [-0.4, -0.2) is 60.6 Å². The van der Waals surface area contributed by atoms with Gasteiger partial charge in [-0.3, -0.25) is 14.5 Å². The summed E-state index contributed by atoms with van der Waals surface area (Å²) in [5.74, 6) is -2.71. The third kappa shape index (κ3) is 5.05. The number of methoxy groups -OCH3 is 1. The van der Waals surface area contributed by atoms with E-state index < -0.39 is 35.4 Å². The maximum absolute atomic E-state index is 13.5. The van der Waals surface area contributed by atoms with Crippen LogP contribution < -0.4 is 14.4 Å². The molecular weight excluding hydrogens is 552 g/mol. The number of benzene rings is 2. The highest BCUT2D eigenvalue weighted by molar-refractivity contribution is 7.17. The molecule has 1 fully saturated rings. The van der Waals surface area contributed by atoms with E-state index in [-0.39, 0.29) is 33.3 Å². The Hall–Kier alpha value is -4.97. The molecule has 3 heterocycles. The summed E-state index contributed by atoms with van der Waals surface area (Å²) < 4.78 is 21.1. The van der Waals surface area contributed by atoms with Crippen molar-refractivity contribution in [1.29, 1.82) is 0 Å². The molecule has 1 unspecified atom stereocenters. The van der Waals surface area contributed by atoms with Crippen molar-refractivity contribution in [2.75, 3.05) is 31.8 Å². The largest absolute Gasteiger partial charge is 0.507 e. The first kappa shape index (κ1) is 27.6. The van der Waals surface area contributed by atoms with Crippen LogP contribution in [0.5, 0.6) is 11.5 Å². The van der Waals surface area contributed by atoms with E-state index in [9.17, 15) is 24.3 Å². The Labute approximate surface area is 238 Å². The van der Waals surface area contributed by atoms with E-state index in [0.717, 1.165) is 16.2 Å². The number of aryl methyl sites for hydroxylation is 1. The lowest BCUT2D eigenvalue weighted by atomic mass is 9.94. The molecule has 11 nitrogen and oxygen atoms in total. The summed E-state index contributed by atoms with van der Waals surface area (Å²) >= 11 is 0.877. The van der Waals surface area contributed by atoms with Gasteiger partial charge in [0, 0.05) is 5.56 Å². The van der Waals surface area contributed by atoms with Crippen molar-refractivity contribution < 1.29 is 43.2 Å². The van der Waals surface area contributed by atoms with Crippen molar-refractivity contribution in [3.8, 4) is 11.5 Å². The number of ether oxygens (including phenoxy) is 4. The quantitative estimate of drug-likeness (QED) is 0.144. The number of amides is 1. The van der Waals surface area contributed by atoms with Gasteiger partial charge in [-0.2, -0.15) is 0 Å². The molecule has 1 atom stereocenters. The molecule has 0 bridgehead atoms.